The van der Waals surface area contributed by atoms with Gasteiger partial charge in [0.25, 0.3) is 0 Å². The topological polar surface area (TPSA) is 70.1 Å². The Hall–Kier alpha value is -1.84. The van der Waals surface area contributed by atoms with Gasteiger partial charge in [0.1, 0.15) is 5.52 Å². The molecule has 1 aromatic carbocycles. The molecule has 4 heteroatoms. The summed E-state index contributed by atoms with van der Waals surface area (Å²) in [5.74, 6) is 0.0404. The summed E-state index contributed by atoms with van der Waals surface area (Å²) in [5, 5.41) is 17.9. The van der Waals surface area contributed by atoms with E-state index in [9.17, 15) is 5.11 Å². The second-order valence-corrected chi connectivity index (χ2v) is 4.19. The van der Waals surface area contributed by atoms with Crippen molar-refractivity contribution in [2.24, 2.45) is 0 Å². The van der Waals surface area contributed by atoms with E-state index in [1.54, 1.807) is 6.92 Å². The van der Waals surface area contributed by atoms with Crippen LogP contribution in [0.25, 0.3) is 11.1 Å². The number of fused-ring (bicyclic) bond motifs is 1. The van der Waals surface area contributed by atoms with E-state index in [-0.39, 0.29) is 5.75 Å². The van der Waals surface area contributed by atoms with E-state index in [1.807, 2.05) is 6.07 Å². The normalized spacial score (nSPS) is 10.9. The fourth-order valence-electron chi connectivity index (χ4n) is 2.02. The second-order valence-electron chi connectivity index (χ2n) is 4.19. The third-order valence-corrected chi connectivity index (χ3v) is 2.85. The molecule has 0 spiro atoms. The minimum atomic E-state index is 0.0404. The molecule has 0 bridgehead atoms. The van der Waals surface area contributed by atoms with Gasteiger partial charge in [-0.25, -0.2) is 4.98 Å². The highest BCUT2D eigenvalue weighted by Gasteiger charge is 2.16. The van der Waals surface area contributed by atoms with Crippen LogP contribution in [0.1, 0.15) is 37.8 Å². The van der Waals surface area contributed by atoms with Gasteiger partial charge in [-0.1, -0.05) is 13.3 Å². The highest BCUT2D eigenvalue weighted by molar-refractivity contribution is 6.04. The Labute approximate surface area is 99.8 Å². The number of hydrogen-bond donors (Lipinski definition) is 2. The minimum Gasteiger partial charge on any atom is -0.504 e. The van der Waals surface area contributed by atoms with Crippen molar-refractivity contribution in [3.05, 3.63) is 23.6 Å². The van der Waals surface area contributed by atoms with E-state index in [1.165, 1.54) is 6.39 Å². The number of oxazole rings is 1. The van der Waals surface area contributed by atoms with Crippen LogP contribution in [0.5, 0.6) is 5.75 Å². The second kappa shape index (κ2) is 4.57. The molecule has 0 fully saturated rings. The Morgan fingerprint density at radius 1 is 1.53 bits per heavy atom. The number of hydrogen-bond acceptors (Lipinski definition) is 4. The van der Waals surface area contributed by atoms with Gasteiger partial charge >= 0.3 is 0 Å². The van der Waals surface area contributed by atoms with E-state index < -0.39 is 0 Å². The summed E-state index contributed by atoms with van der Waals surface area (Å²) < 4.78 is 5.14. The van der Waals surface area contributed by atoms with Gasteiger partial charge in [-0.3, -0.25) is 0 Å². The quantitative estimate of drug-likeness (QED) is 0.795. The average molecular weight is 232 g/mol. The van der Waals surface area contributed by atoms with Crippen molar-refractivity contribution in [3.63, 3.8) is 0 Å². The van der Waals surface area contributed by atoms with Gasteiger partial charge in [-0.2, -0.15) is 0 Å². The predicted octanol–water partition coefficient (Wildman–Crippen LogP) is 3.26. The number of phenolic OH excluding ortho intramolecular Hbond substituents is 1. The molecule has 0 aliphatic carbocycles. The Morgan fingerprint density at radius 3 is 2.94 bits per heavy atom. The first-order chi connectivity index (χ1) is 8.15. The summed E-state index contributed by atoms with van der Waals surface area (Å²) in [7, 11) is 0. The Bertz CT molecular complexity index is 558. The molecule has 0 saturated carbocycles. The summed E-state index contributed by atoms with van der Waals surface area (Å²) >= 11 is 0. The molecule has 90 valence electrons. The molecule has 1 aromatic heterocycles. The van der Waals surface area contributed by atoms with Crippen molar-refractivity contribution < 1.29 is 9.52 Å². The van der Waals surface area contributed by atoms with Crippen LogP contribution in [-0.4, -0.2) is 15.8 Å². The molecule has 2 rings (SSSR count). The maximum Gasteiger partial charge on any atom is 0.196 e. The van der Waals surface area contributed by atoms with Gasteiger partial charge in [0.15, 0.2) is 17.7 Å². The molecule has 2 N–H and O–H groups in total. The van der Waals surface area contributed by atoms with Gasteiger partial charge in [0.05, 0.1) is 0 Å². The molecule has 0 saturated heterocycles. The van der Waals surface area contributed by atoms with Crippen LogP contribution in [0.4, 0.5) is 0 Å². The number of nitrogens with one attached hydrogen (secondary N) is 1. The molecule has 2 aromatic rings. The minimum absolute atomic E-state index is 0.0404. The van der Waals surface area contributed by atoms with E-state index in [0.29, 0.717) is 22.4 Å². The van der Waals surface area contributed by atoms with Crippen LogP contribution < -0.4 is 0 Å². The van der Waals surface area contributed by atoms with Crippen LogP contribution in [0.15, 0.2) is 16.9 Å². The van der Waals surface area contributed by atoms with Gasteiger partial charge in [-0.15, -0.1) is 0 Å². The third kappa shape index (κ3) is 2.02. The molecular weight excluding hydrogens is 216 g/mol. The van der Waals surface area contributed by atoms with E-state index in [4.69, 9.17) is 9.83 Å². The highest BCUT2D eigenvalue weighted by Crippen LogP contribution is 2.32. The predicted molar refractivity (Wildman–Crippen MR) is 66.8 cm³/mol. The number of aromatic hydroxyl groups is 1. The number of nitrogens with zero attached hydrogens (tertiary/aromatic N) is 1. The Balaban J connectivity index is 2.62. The molecule has 0 unspecified atom stereocenters. The number of phenols is 1. The zero-order valence-corrected chi connectivity index (χ0v) is 10.1. The summed E-state index contributed by atoms with van der Waals surface area (Å²) in [6.07, 6.45) is 4.27. The Morgan fingerprint density at radius 2 is 2.29 bits per heavy atom. The maximum absolute atomic E-state index is 10.1. The first kappa shape index (κ1) is 11.6. The standard InChI is InChI=1S/C13H16N2O2/c1-3-4-5-9-6-10-13(17-7-15-10)12(16)11(9)8(2)14/h6-7,14,16H,3-5H2,1-2H3. The SMILES string of the molecule is CCCCc1cc2ncoc2c(O)c1C(C)=N. The Kier molecular flexibility index (Phi) is 3.13. The lowest BCUT2D eigenvalue weighted by molar-refractivity contribution is 0.462. The number of benzene rings is 1. The maximum atomic E-state index is 10.1. The van der Waals surface area contributed by atoms with Crippen LogP contribution in [-0.2, 0) is 6.42 Å². The molecular formula is C13H16N2O2. The average Bonchev–Trinajstić information content (AvgIpc) is 2.74. The molecule has 0 aliphatic rings. The monoisotopic (exact) mass is 232 g/mol. The van der Waals surface area contributed by atoms with Crippen molar-refractivity contribution in [1.29, 1.82) is 5.41 Å². The molecule has 0 atom stereocenters. The van der Waals surface area contributed by atoms with Crippen LogP contribution in [0, 0.1) is 5.41 Å². The van der Waals surface area contributed by atoms with Crippen molar-refractivity contribution in [2.45, 2.75) is 33.1 Å². The summed E-state index contributed by atoms with van der Waals surface area (Å²) in [6, 6.07) is 1.90. The summed E-state index contributed by atoms with van der Waals surface area (Å²) in [5.41, 5.74) is 2.93. The lowest BCUT2D eigenvalue weighted by Crippen LogP contribution is -2.01. The van der Waals surface area contributed by atoms with Crippen LogP contribution >= 0.6 is 0 Å². The fraction of sp³-hybridized carbons (Fsp3) is 0.385. The zero-order valence-electron chi connectivity index (χ0n) is 10.1. The molecule has 4 nitrogen and oxygen atoms in total. The summed E-state index contributed by atoms with van der Waals surface area (Å²) in [4.78, 5) is 4.05. The third-order valence-electron chi connectivity index (χ3n) is 2.85. The summed E-state index contributed by atoms with van der Waals surface area (Å²) in [6.45, 7) is 3.79. The van der Waals surface area contributed by atoms with Crippen molar-refractivity contribution in [2.75, 3.05) is 0 Å². The first-order valence-corrected chi connectivity index (χ1v) is 5.78. The zero-order chi connectivity index (χ0) is 12.4. The number of aryl methyl sites for hydroxylation is 1. The molecule has 0 amide bonds. The lowest BCUT2D eigenvalue weighted by Gasteiger charge is -2.10. The van der Waals surface area contributed by atoms with E-state index >= 15 is 0 Å². The van der Waals surface area contributed by atoms with Gasteiger partial charge in [-0.05, 0) is 31.4 Å². The smallest absolute Gasteiger partial charge is 0.196 e. The van der Waals surface area contributed by atoms with Gasteiger partial charge in [0, 0.05) is 11.3 Å². The van der Waals surface area contributed by atoms with Crippen LogP contribution in [0.2, 0.25) is 0 Å². The molecule has 0 aliphatic heterocycles. The molecule has 0 radical (unpaired) electrons. The molecule has 1 heterocycles. The van der Waals surface area contributed by atoms with Gasteiger partial charge in [0.2, 0.25) is 0 Å². The van der Waals surface area contributed by atoms with Crippen molar-refractivity contribution >= 4 is 16.8 Å². The fourth-order valence-corrected chi connectivity index (χ4v) is 2.02. The molecule has 17 heavy (non-hydrogen) atoms. The van der Waals surface area contributed by atoms with E-state index in [2.05, 4.69) is 11.9 Å². The van der Waals surface area contributed by atoms with Gasteiger partial charge < -0.3 is 14.9 Å². The largest absolute Gasteiger partial charge is 0.504 e. The number of unbranched alkanes of at least 4 members (excludes halogenated alkanes) is 1. The van der Waals surface area contributed by atoms with Crippen LogP contribution in [0.3, 0.4) is 0 Å². The highest BCUT2D eigenvalue weighted by atomic mass is 16.4. The first-order valence-electron chi connectivity index (χ1n) is 5.78. The van der Waals surface area contributed by atoms with Crippen molar-refractivity contribution in [1.82, 2.24) is 4.98 Å². The number of aromatic nitrogens is 1. The lowest BCUT2D eigenvalue weighted by atomic mass is 9.97. The van der Waals surface area contributed by atoms with Crippen molar-refractivity contribution in [3.8, 4) is 5.75 Å². The van der Waals surface area contributed by atoms with E-state index in [0.717, 1.165) is 24.8 Å². The number of rotatable bonds is 4.